The van der Waals surface area contributed by atoms with E-state index in [1.165, 1.54) is 0 Å². The number of alkyl halides is 5. The van der Waals surface area contributed by atoms with Crippen molar-refractivity contribution in [1.29, 1.82) is 0 Å². The quantitative estimate of drug-likeness (QED) is 0.820. The average molecular weight is 294 g/mol. The summed E-state index contributed by atoms with van der Waals surface area (Å²) >= 11 is 0. The molecule has 1 unspecified atom stereocenters. The van der Waals surface area contributed by atoms with E-state index in [1.807, 2.05) is 0 Å². The summed E-state index contributed by atoms with van der Waals surface area (Å²) in [6.45, 7) is -0.621. The average Bonchev–Trinajstić information content (AvgIpc) is 2.68. The molecule has 0 aromatic heterocycles. The zero-order chi connectivity index (χ0) is 15.0. The van der Waals surface area contributed by atoms with Crippen LogP contribution in [0.1, 0.15) is 15.9 Å². The van der Waals surface area contributed by atoms with Crippen LogP contribution in [0.2, 0.25) is 0 Å². The number of benzene rings is 1. The molecule has 1 heterocycles. The maximum atomic E-state index is 13.3. The van der Waals surface area contributed by atoms with Crippen molar-refractivity contribution in [2.24, 2.45) is 0 Å². The Hall–Kier alpha value is -1.70. The molecule has 0 saturated carbocycles. The molecule has 20 heavy (non-hydrogen) atoms. The standard InChI is InChI=1S/C12H11F5N2O/c13-11(14)6-18-5-9(11)19-10(20)7-1-3-8(4-2-7)12(15,16)17/h1-4,9,18H,5-6H2,(H,19,20). The van der Waals surface area contributed by atoms with Crippen LogP contribution in [-0.2, 0) is 6.18 Å². The Morgan fingerprint density at radius 1 is 1.25 bits per heavy atom. The van der Waals surface area contributed by atoms with Crippen molar-refractivity contribution < 1.29 is 26.7 Å². The summed E-state index contributed by atoms with van der Waals surface area (Å²) in [6.07, 6.45) is -4.50. The van der Waals surface area contributed by atoms with Crippen molar-refractivity contribution in [1.82, 2.24) is 10.6 Å². The van der Waals surface area contributed by atoms with Gasteiger partial charge in [-0.1, -0.05) is 0 Å². The fourth-order valence-electron chi connectivity index (χ4n) is 1.86. The molecule has 8 heteroatoms. The lowest BCUT2D eigenvalue weighted by atomic mass is 10.1. The van der Waals surface area contributed by atoms with Gasteiger partial charge in [-0.2, -0.15) is 13.2 Å². The number of halogens is 5. The topological polar surface area (TPSA) is 41.1 Å². The molecule has 3 nitrogen and oxygen atoms in total. The first kappa shape index (κ1) is 14.7. The van der Waals surface area contributed by atoms with Gasteiger partial charge in [0.2, 0.25) is 0 Å². The van der Waals surface area contributed by atoms with Gasteiger partial charge in [-0.05, 0) is 24.3 Å². The Kier molecular flexibility index (Phi) is 3.68. The fourth-order valence-corrected chi connectivity index (χ4v) is 1.86. The van der Waals surface area contributed by atoms with Gasteiger partial charge in [-0.3, -0.25) is 4.79 Å². The second-order valence-corrected chi connectivity index (χ2v) is 4.49. The third-order valence-electron chi connectivity index (χ3n) is 3.00. The Balaban J connectivity index is 2.07. The molecule has 1 aliphatic rings. The van der Waals surface area contributed by atoms with E-state index in [9.17, 15) is 26.7 Å². The van der Waals surface area contributed by atoms with Crippen LogP contribution in [0.4, 0.5) is 22.0 Å². The van der Waals surface area contributed by atoms with Gasteiger partial charge in [0.25, 0.3) is 11.8 Å². The molecule has 1 aromatic carbocycles. The largest absolute Gasteiger partial charge is 0.416 e. The molecule has 1 amide bonds. The van der Waals surface area contributed by atoms with Gasteiger partial charge in [0, 0.05) is 12.1 Å². The molecule has 1 saturated heterocycles. The molecule has 1 atom stereocenters. The molecule has 0 spiro atoms. The molecule has 1 aromatic rings. The predicted octanol–water partition coefficient (Wildman–Crippen LogP) is 2.04. The monoisotopic (exact) mass is 294 g/mol. The maximum absolute atomic E-state index is 13.3. The molecule has 2 rings (SSSR count). The van der Waals surface area contributed by atoms with Crippen LogP contribution in [0.25, 0.3) is 0 Å². The van der Waals surface area contributed by atoms with Gasteiger partial charge in [-0.15, -0.1) is 0 Å². The zero-order valence-corrected chi connectivity index (χ0v) is 10.1. The molecule has 0 bridgehead atoms. The van der Waals surface area contributed by atoms with Crippen LogP contribution in [0, 0.1) is 0 Å². The third-order valence-corrected chi connectivity index (χ3v) is 3.00. The van der Waals surface area contributed by atoms with Crippen LogP contribution in [0.3, 0.4) is 0 Å². The van der Waals surface area contributed by atoms with Gasteiger partial charge in [0.1, 0.15) is 6.04 Å². The Labute approximate surface area is 111 Å². The minimum atomic E-state index is -4.50. The van der Waals surface area contributed by atoms with Crippen molar-refractivity contribution in [3.05, 3.63) is 35.4 Å². The lowest BCUT2D eigenvalue weighted by molar-refractivity contribution is -0.137. The van der Waals surface area contributed by atoms with Crippen molar-refractivity contribution >= 4 is 5.91 Å². The summed E-state index contributed by atoms with van der Waals surface area (Å²) in [5.41, 5.74) is -0.998. The minimum absolute atomic E-state index is 0.0840. The number of amides is 1. The first-order chi connectivity index (χ1) is 9.20. The SMILES string of the molecule is O=C(NC1CNCC1(F)F)c1ccc(C(F)(F)F)cc1. The van der Waals surface area contributed by atoms with E-state index in [0.29, 0.717) is 0 Å². The lowest BCUT2D eigenvalue weighted by Crippen LogP contribution is -2.46. The van der Waals surface area contributed by atoms with Crippen molar-refractivity contribution in [3.8, 4) is 0 Å². The second kappa shape index (κ2) is 5.01. The highest BCUT2D eigenvalue weighted by Gasteiger charge is 2.44. The predicted molar refractivity (Wildman–Crippen MR) is 60.5 cm³/mol. The number of rotatable bonds is 2. The van der Waals surface area contributed by atoms with E-state index < -0.39 is 36.2 Å². The van der Waals surface area contributed by atoms with Crippen LogP contribution >= 0.6 is 0 Å². The minimum Gasteiger partial charge on any atom is -0.342 e. The molecular weight excluding hydrogens is 283 g/mol. The van der Waals surface area contributed by atoms with Crippen LogP contribution < -0.4 is 10.6 Å². The number of carbonyl (C=O) groups is 1. The highest BCUT2D eigenvalue weighted by molar-refractivity contribution is 5.94. The first-order valence-electron chi connectivity index (χ1n) is 5.77. The van der Waals surface area contributed by atoms with Gasteiger partial charge in [-0.25, -0.2) is 8.78 Å². The Morgan fingerprint density at radius 3 is 2.30 bits per heavy atom. The maximum Gasteiger partial charge on any atom is 0.416 e. The Bertz CT molecular complexity index is 498. The van der Waals surface area contributed by atoms with E-state index in [2.05, 4.69) is 10.6 Å². The van der Waals surface area contributed by atoms with Crippen molar-refractivity contribution in [3.63, 3.8) is 0 Å². The van der Waals surface area contributed by atoms with E-state index in [0.717, 1.165) is 24.3 Å². The second-order valence-electron chi connectivity index (χ2n) is 4.49. The van der Waals surface area contributed by atoms with Gasteiger partial charge in [0.05, 0.1) is 12.1 Å². The first-order valence-corrected chi connectivity index (χ1v) is 5.77. The normalized spacial score (nSPS) is 21.8. The number of hydrogen-bond acceptors (Lipinski definition) is 2. The van der Waals surface area contributed by atoms with Crippen LogP contribution in [-0.4, -0.2) is 31.0 Å². The molecular formula is C12H11F5N2O. The summed E-state index contributed by atoms with van der Waals surface area (Å²) in [4.78, 5) is 11.7. The molecule has 110 valence electrons. The highest BCUT2D eigenvalue weighted by Crippen LogP contribution is 2.29. The lowest BCUT2D eigenvalue weighted by Gasteiger charge is -2.19. The van der Waals surface area contributed by atoms with Gasteiger partial charge < -0.3 is 10.6 Å². The zero-order valence-electron chi connectivity index (χ0n) is 10.1. The third kappa shape index (κ3) is 3.06. The van der Waals surface area contributed by atoms with Gasteiger partial charge >= 0.3 is 6.18 Å². The number of carbonyl (C=O) groups excluding carboxylic acids is 1. The molecule has 1 aliphatic heterocycles. The van der Waals surface area contributed by atoms with Gasteiger partial charge in [0.15, 0.2) is 0 Å². The summed E-state index contributed by atoms with van der Waals surface area (Å²) < 4.78 is 63.6. The Morgan fingerprint density at radius 2 is 1.85 bits per heavy atom. The molecule has 0 radical (unpaired) electrons. The van der Waals surface area contributed by atoms with Crippen molar-refractivity contribution in [2.45, 2.75) is 18.1 Å². The van der Waals surface area contributed by atoms with E-state index in [-0.39, 0.29) is 12.1 Å². The fraction of sp³-hybridized carbons (Fsp3) is 0.417. The summed E-state index contributed by atoms with van der Waals surface area (Å²) in [6, 6.07) is 2.02. The number of nitrogens with one attached hydrogen (secondary N) is 2. The number of hydrogen-bond donors (Lipinski definition) is 2. The molecule has 2 N–H and O–H groups in total. The van der Waals surface area contributed by atoms with E-state index in [1.54, 1.807) is 0 Å². The summed E-state index contributed by atoms with van der Waals surface area (Å²) in [5, 5.41) is 4.55. The summed E-state index contributed by atoms with van der Waals surface area (Å²) in [5.74, 6) is -3.89. The van der Waals surface area contributed by atoms with E-state index in [4.69, 9.17) is 0 Å². The summed E-state index contributed by atoms with van der Waals surface area (Å²) in [7, 11) is 0. The molecule has 0 aliphatic carbocycles. The highest BCUT2D eigenvalue weighted by atomic mass is 19.4. The van der Waals surface area contributed by atoms with Crippen molar-refractivity contribution in [2.75, 3.05) is 13.1 Å². The van der Waals surface area contributed by atoms with Crippen LogP contribution in [0.5, 0.6) is 0 Å². The van der Waals surface area contributed by atoms with Crippen LogP contribution in [0.15, 0.2) is 24.3 Å². The smallest absolute Gasteiger partial charge is 0.342 e. The molecule has 1 fully saturated rings. The van der Waals surface area contributed by atoms with E-state index >= 15 is 0 Å².